The van der Waals surface area contributed by atoms with Crippen molar-refractivity contribution in [1.82, 2.24) is 0 Å². The summed E-state index contributed by atoms with van der Waals surface area (Å²) < 4.78 is 5.19. The van der Waals surface area contributed by atoms with Gasteiger partial charge in [-0.3, -0.25) is 4.79 Å². The van der Waals surface area contributed by atoms with Crippen LogP contribution in [-0.2, 0) is 15.6 Å². The van der Waals surface area contributed by atoms with Gasteiger partial charge in [-0.15, -0.1) is 0 Å². The zero-order valence-electron chi connectivity index (χ0n) is 15.4. The smallest absolute Gasteiger partial charge is 0.234 e. The van der Waals surface area contributed by atoms with Gasteiger partial charge < -0.3 is 10.1 Å². The van der Waals surface area contributed by atoms with E-state index in [0.717, 1.165) is 22.6 Å². The van der Waals surface area contributed by atoms with Gasteiger partial charge in [0.2, 0.25) is 5.91 Å². The first kappa shape index (κ1) is 18.1. The molecule has 0 aliphatic heterocycles. The van der Waals surface area contributed by atoms with Crippen molar-refractivity contribution >= 4 is 11.6 Å². The average Bonchev–Trinajstić information content (AvgIpc) is 2.54. The maximum Gasteiger partial charge on any atom is 0.234 e. The quantitative estimate of drug-likeness (QED) is 0.867. The molecular weight excluding hydrogens is 298 g/mol. The van der Waals surface area contributed by atoms with Gasteiger partial charge in [0.15, 0.2) is 0 Å². The minimum absolute atomic E-state index is 0.0237. The fraction of sp³-hybridized carbons (Fsp3) is 0.381. The number of para-hydroxylation sites is 1. The molecule has 0 saturated heterocycles. The van der Waals surface area contributed by atoms with E-state index < -0.39 is 5.41 Å². The Hall–Kier alpha value is -2.29. The number of rotatable bonds is 4. The van der Waals surface area contributed by atoms with Crippen LogP contribution in [0.1, 0.15) is 45.7 Å². The monoisotopic (exact) mass is 325 g/mol. The van der Waals surface area contributed by atoms with Crippen LogP contribution in [0.4, 0.5) is 5.69 Å². The molecular formula is C21H27NO2. The number of ether oxygens (including phenoxy) is 1. The van der Waals surface area contributed by atoms with Gasteiger partial charge in [0.25, 0.3) is 0 Å². The van der Waals surface area contributed by atoms with E-state index in [4.69, 9.17) is 4.74 Å². The Kier molecular flexibility index (Phi) is 5.02. The van der Waals surface area contributed by atoms with Crippen LogP contribution in [0.5, 0.6) is 5.75 Å². The van der Waals surface area contributed by atoms with Crippen LogP contribution < -0.4 is 10.1 Å². The van der Waals surface area contributed by atoms with E-state index in [1.807, 2.05) is 56.3 Å². The molecule has 3 nitrogen and oxygen atoms in total. The number of hydrogen-bond acceptors (Lipinski definition) is 2. The highest BCUT2D eigenvalue weighted by molar-refractivity contribution is 5.99. The molecule has 1 amide bonds. The standard InChI is InChI=1S/C21H27NO2/c1-20(2,3)17-9-7-8-10-18(17)22-19(23)21(4,5)15-11-13-16(24-6)14-12-15/h7-14H,1-6H3,(H,22,23). The summed E-state index contributed by atoms with van der Waals surface area (Å²) in [6, 6.07) is 15.6. The highest BCUT2D eigenvalue weighted by Crippen LogP contribution is 2.32. The summed E-state index contributed by atoms with van der Waals surface area (Å²) in [5, 5.41) is 3.11. The summed E-state index contributed by atoms with van der Waals surface area (Å²) >= 11 is 0. The van der Waals surface area contributed by atoms with Gasteiger partial charge in [0.05, 0.1) is 12.5 Å². The lowest BCUT2D eigenvalue weighted by molar-refractivity contribution is -0.120. The van der Waals surface area contributed by atoms with Crippen LogP contribution in [0.2, 0.25) is 0 Å². The molecule has 0 spiro atoms. The summed E-state index contributed by atoms with van der Waals surface area (Å²) in [5.74, 6) is 0.761. The number of nitrogens with one attached hydrogen (secondary N) is 1. The molecule has 0 fully saturated rings. The van der Waals surface area contributed by atoms with Crippen molar-refractivity contribution in [2.24, 2.45) is 0 Å². The van der Waals surface area contributed by atoms with Crippen molar-refractivity contribution in [3.05, 3.63) is 59.7 Å². The first-order chi connectivity index (χ1) is 11.2. The Morgan fingerprint density at radius 2 is 1.50 bits per heavy atom. The molecule has 0 radical (unpaired) electrons. The van der Waals surface area contributed by atoms with E-state index in [9.17, 15) is 4.79 Å². The van der Waals surface area contributed by atoms with Crippen LogP contribution in [0.15, 0.2) is 48.5 Å². The minimum Gasteiger partial charge on any atom is -0.497 e. The maximum absolute atomic E-state index is 12.9. The summed E-state index contributed by atoms with van der Waals surface area (Å²) in [7, 11) is 1.64. The number of amides is 1. The van der Waals surface area contributed by atoms with E-state index >= 15 is 0 Å². The second-order valence-electron chi connectivity index (χ2n) is 7.60. The molecule has 0 saturated carbocycles. The molecule has 128 valence electrons. The summed E-state index contributed by atoms with van der Waals surface area (Å²) in [6.07, 6.45) is 0. The summed E-state index contributed by atoms with van der Waals surface area (Å²) in [4.78, 5) is 12.9. The topological polar surface area (TPSA) is 38.3 Å². The van der Waals surface area contributed by atoms with E-state index in [1.54, 1.807) is 7.11 Å². The number of hydrogen-bond donors (Lipinski definition) is 1. The van der Waals surface area contributed by atoms with Crippen LogP contribution in [0.3, 0.4) is 0 Å². The second kappa shape index (κ2) is 6.68. The largest absolute Gasteiger partial charge is 0.497 e. The third-order valence-electron chi connectivity index (χ3n) is 4.36. The number of carbonyl (C=O) groups is 1. The van der Waals surface area contributed by atoms with Crippen molar-refractivity contribution < 1.29 is 9.53 Å². The number of carbonyl (C=O) groups excluding carboxylic acids is 1. The number of anilines is 1. The van der Waals surface area contributed by atoms with Gasteiger partial charge in [0.1, 0.15) is 5.75 Å². The van der Waals surface area contributed by atoms with Crippen molar-refractivity contribution in [2.75, 3.05) is 12.4 Å². The lowest BCUT2D eigenvalue weighted by Gasteiger charge is -2.27. The predicted molar refractivity (Wildman–Crippen MR) is 99.8 cm³/mol. The molecule has 0 aliphatic rings. The predicted octanol–water partition coefficient (Wildman–Crippen LogP) is 4.91. The first-order valence-electron chi connectivity index (χ1n) is 8.22. The zero-order chi connectivity index (χ0) is 18.0. The molecule has 3 heteroatoms. The first-order valence-corrected chi connectivity index (χ1v) is 8.22. The molecule has 0 unspecified atom stereocenters. The lowest BCUT2D eigenvalue weighted by atomic mass is 9.82. The molecule has 0 atom stereocenters. The van der Waals surface area contributed by atoms with Gasteiger partial charge in [-0.05, 0) is 48.6 Å². The van der Waals surface area contributed by atoms with Crippen molar-refractivity contribution in [2.45, 2.75) is 45.4 Å². The van der Waals surface area contributed by atoms with Crippen LogP contribution >= 0.6 is 0 Å². The van der Waals surface area contributed by atoms with Gasteiger partial charge in [-0.25, -0.2) is 0 Å². The summed E-state index contributed by atoms with van der Waals surface area (Å²) in [5.41, 5.74) is 2.28. The second-order valence-corrected chi connectivity index (χ2v) is 7.60. The normalized spacial score (nSPS) is 11.9. The van der Waals surface area contributed by atoms with E-state index in [0.29, 0.717) is 0 Å². The molecule has 2 aromatic carbocycles. The Labute approximate surface area is 145 Å². The summed E-state index contributed by atoms with van der Waals surface area (Å²) in [6.45, 7) is 10.3. The molecule has 1 N–H and O–H groups in total. The van der Waals surface area contributed by atoms with Gasteiger partial charge in [-0.1, -0.05) is 51.1 Å². The van der Waals surface area contributed by atoms with Gasteiger partial charge >= 0.3 is 0 Å². The van der Waals surface area contributed by atoms with Crippen molar-refractivity contribution in [3.63, 3.8) is 0 Å². The van der Waals surface area contributed by atoms with E-state index in [1.165, 1.54) is 0 Å². The molecule has 0 aliphatic carbocycles. The van der Waals surface area contributed by atoms with Crippen molar-refractivity contribution in [1.29, 1.82) is 0 Å². The Morgan fingerprint density at radius 3 is 2.04 bits per heavy atom. The van der Waals surface area contributed by atoms with Gasteiger partial charge in [0, 0.05) is 5.69 Å². The third kappa shape index (κ3) is 3.78. The minimum atomic E-state index is -0.642. The molecule has 2 aromatic rings. The number of benzene rings is 2. The highest BCUT2D eigenvalue weighted by atomic mass is 16.5. The van der Waals surface area contributed by atoms with E-state index in [2.05, 4.69) is 32.2 Å². The van der Waals surface area contributed by atoms with Gasteiger partial charge in [-0.2, -0.15) is 0 Å². The van der Waals surface area contributed by atoms with Crippen molar-refractivity contribution in [3.8, 4) is 5.75 Å². The molecule has 24 heavy (non-hydrogen) atoms. The number of methoxy groups -OCH3 is 1. The lowest BCUT2D eigenvalue weighted by Crippen LogP contribution is -2.35. The molecule has 0 aromatic heterocycles. The van der Waals surface area contributed by atoms with Crippen LogP contribution in [-0.4, -0.2) is 13.0 Å². The third-order valence-corrected chi connectivity index (χ3v) is 4.36. The Morgan fingerprint density at radius 1 is 0.917 bits per heavy atom. The average molecular weight is 325 g/mol. The fourth-order valence-electron chi connectivity index (χ4n) is 2.66. The Bertz CT molecular complexity index is 709. The zero-order valence-corrected chi connectivity index (χ0v) is 15.4. The highest BCUT2D eigenvalue weighted by Gasteiger charge is 2.31. The van der Waals surface area contributed by atoms with Crippen LogP contribution in [0, 0.1) is 0 Å². The Balaban J connectivity index is 2.28. The fourth-order valence-corrected chi connectivity index (χ4v) is 2.66. The SMILES string of the molecule is COc1ccc(C(C)(C)C(=O)Nc2ccccc2C(C)(C)C)cc1. The van der Waals surface area contributed by atoms with Crippen LogP contribution in [0.25, 0.3) is 0 Å². The molecule has 0 heterocycles. The maximum atomic E-state index is 12.9. The molecule has 0 bridgehead atoms. The van der Waals surface area contributed by atoms with E-state index in [-0.39, 0.29) is 11.3 Å². The molecule has 2 rings (SSSR count).